The first kappa shape index (κ1) is 43.9. The molecule has 1 atom stereocenters. The van der Waals surface area contributed by atoms with Crippen molar-refractivity contribution in [1.29, 1.82) is 5.41 Å². The van der Waals surface area contributed by atoms with Crippen LogP contribution in [0.3, 0.4) is 0 Å². The third-order valence-corrected chi connectivity index (χ3v) is 8.90. The molecule has 0 saturated carbocycles. The molecule has 0 rings (SSSR count). The number of hydrogen-bond donors (Lipinski definition) is 5. The molecule has 7 heteroatoms. The smallest absolute Gasteiger partial charge is 0.242 e. The van der Waals surface area contributed by atoms with Crippen LogP contribution in [-0.2, 0) is 9.59 Å². The van der Waals surface area contributed by atoms with Crippen molar-refractivity contribution in [2.24, 2.45) is 5.73 Å². The summed E-state index contributed by atoms with van der Waals surface area (Å²) in [7, 11) is 0. The molecule has 2 amide bonds. The second-order valence-electron chi connectivity index (χ2n) is 13.5. The standard InChI is InChI=1S/C39H77N5O2/c1-3-5-7-9-11-13-15-17-19-20-22-24-26-28-30-32-37(45)44-36(33-35-43-39(40)41)38(46)42-34-31-29-27-25-23-21-18-16-14-12-10-8-6-4-2/h17,19,36H,3-16,18,20-35H2,1-2H3,(H,42,46)(H,44,45)(H4,40,41,43)/b19-17-/t36-/m0/s1. The molecule has 0 radical (unpaired) electrons. The highest BCUT2D eigenvalue weighted by atomic mass is 16.2. The van der Waals surface area contributed by atoms with Gasteiger partial charge in [-0.25, -0.2) is 0 Å². The summed E-state index contributed by atoms with van der Waals surface area (Å²) in [4.78, 5) is 25.5. The predicted octanol–water partition coefficient (Wildman–Crippen LogP) is 9.98. The normalized spacial score (nSPS) is 12.0. The van der Waals surface area contributed by atoms with Crippen molar-refractivity contribution < 1.29 is 9.59 Å². The molecular weight excluding hydrogens is 570 g/mol. The van der Waals surface area contributed by atoms with Crippen molar-refractivity contribution in [2.75, 3.05) is 13.1 Å². The summed E-state index contributed by atoms with van der Waals surface area (Å²) in [5.41, 5.74) is 5.41. The largest absolute Gasteiger partial charge is 0.370 e. The summed E-state index contributed by atoms with van der Waals surface area (Å²) in [5, 5.41) is 16.1. The van der Waals surface area contributed by atoms with Crippen LogP contribution in [0, 0.1) is 5.41 Å². The molecule has 0 heterocycles. The Labute approximate surface area is 285 Å². The number of hydrogen-bond acceptors (Lipinski definition) is 3. The van der Waals surface area contributed by atoms with Crippen LogP contribution < -0.4 is 21.7 Å². The fraction of sp³-hybridized carbons (Fsp3) is 0.872. The molecule has 0 aromatic rings. The third kappa shape index (κ3) is 33.3. The Balaban J connectivity index is 3.94. The molecule has 0 spiro atoms. The molecule has 270 valence electrons. The van der Waals surface area contributed by atoms with E-state index in [1.54, 1.807) is 0 Å². The van der Waals surface area contributed by atoms with E-state index in [2.05, 4.69) is 41.9 Å². The van der Waals surface area contributed by atoms with E-state index in [9.17, 15) is 9.59 Å². The highest BCUT2D eigenvalue weighted by Crippen LogP contribution is 2.13. The first-order valence-electron chi connectivity index (χ1n) is 19.8. The summed E-state index contributed by atoms with van der Waals surface area (Å²) >= 11 is 0. The molecule has 0 aromatic heterocycles. The van der Waals surface area contributed by atoms with Crippen molar-refractivity contribution >= 4 is 17.8 Å². The van der Waals surface area contributed by atoms with Gasteiger partial charge in [-0.1, -0.05) is 161 Å². The highest BCUT2D eigenvalue weighted by Gasteiger charge is 2.20. The molecule has 0 aliphatic heterocycles. The first-order chi connectivity index (χ1) is 22.5. The van der Waals surface area contributed by atoms with E-state index < -0.39 is 6.04 Å². The number of allylic oxidation sites excluding steroid dienone is 2. The Kier molecular flexibility index (Phi) is 34.2. The average Bonchev–Trinajstić information content (AvgIpc) is 3.04. The molecule has 0 saturated heterocycles. The minimum atomic E-state index is -0.603. The molecule has 0 aromatic carbocycles. The molecule has 6 N–H and O–H groups in total. The maximum atomic E-state index is 12.9. The molecule has 0 bridgehead atoms. The number of rotatable bonds is 35. The van der Waals surface area contributed by atoms with Crippen LogP contribution in [-0.4, -0.2) is 36.9 Å². The van der Waals surface area contributed by atoms with Crippen molar-refractivity contribution in [2.45, 2.75) is 206 Å². The molecule has 0 fully saturated rings. The number of guanidine groups is 1. The van der Waals surface area contributed by atoms with Gasteiger partial charge in [-0.05, 0) is 44.9 Å². The number of carbonyl (C=O) groups excluding carboxylic acids is 2. The van der Waals surface area contributed by atoms with E-state index in [1.165, 1.54) is 135 Å². The first-order valence-corrected chi connectivity index (χ1v) is 19.8. The Morgan fingerprint density at radius 3 is 1.43 bits per heavy atom. The van der Waals surface area contributed by atoms with E-state index in [-0.39, 0.29) is 17.8 Å². The van der Waals surface area contributed by atoms with Crippen LogP contribution in [0.15, 0.2) is 12.2 Å². The lowest BCUT2D eigenvalue weighted by Crippen LogP contribution is -2.48. The van der Waals surface area contributed by atoms with Gasteiger partial charge in [0.1, 0.15) is 6.04 Å². The van der Waals surface area contributed by atoms with Gasteiger partial charge in [-0.2, -0.15) is 0 Å². The molecule has 0 aliphatic rings. The van der Waals surface area contributed by atoms with Gasteiger partial charge >= 0.3 is 0 Å². The summed E-state index contributed by atoms with van der Waals surface area (Å²) < 4.78 is 0. The van der Waals surface area contributed by atoms with Crippen LogP contribution in [0.5, 0.6) is 0 Å². The average molecular weight is 648 g/mol. The van der Waals surface area contributed by atoms with Gasteiger partial charge in [0.25, 0.3) is 0 Å². The Bertz CT molecular complexity index is 727. The van der Waals surface area contributed by atoms with Crippen LogP contribution in [0.4, 0.5) is 0 Å². The quantitative estimate of drug-likeness (QED) is 0.0203. The Morgan fingerprint density at radius 2 is 0.978 bits per heavy atom. The van der Waals surface area contributed by atoms with Gasteiger partial charge in [0, 0.05) is 19.5 Å². The lowest BCUT2D eigenvalue weighted by atomic mass is 10.0. The number of amides is 2. The van der Waals surface area contributed by atoms with Gasteiger partial charge in [-0.3, -0.25) is 15.0 Å². The van der Waals surface area contributed by atoms with Crippen molar-refractivity contribution in [3.05, 3.63) is 12.2 Å². The second kappa shape index (κ2) is 35.8. The molecular formula is C39H77N5O2. The molecule has 7 nitrogen and oxygen atoms in total. The van der Waals surface area contributed by atoms with Crippen molar-refractivity contribution in [1.82, 2.24) is 16.0 Å². The third-order valence-electron chi connectivity index (χ3n) is 8.90. The lowest BCUT2D eigenvalue weighted by molar-refractivity contribution is -0.129. The Hall–Kier alpha value is -2.05. The second-order valence-corrected chi connectivity index (χ2v) is 13.5. The number of unbranched alkanes of at least 4 members (excludes halogenated alkanes) is 24. The van der Waals surface area contributed by atoms with Gasteiger partial charge in [-0.15, -0.1) is 0 Å². The minimum absolute atomic E-state index is 0.0721. The summed E-state index contributed by atoms with van der Waals surface area (Å²) in [6.07, 6.45) is 39.8. The van der Waals surface area contributed by atoms with E-state index in [0.29, 0.717) is 25.9 Å². The van der Waals surface area contributed by atoms with E-state index in [0.717, 1.165) is 38.5 Å². The number of nitrogens with two attached hydrogens (primary N) is 1. The zero-order valence-corrected chi connectivity index (χ0v) is 30.5. The van der Waals surface area contributed by atoms with Gasteiger partial charge in [0.15, 0.2) is 5.96 Å². The fourth-order valence-corrected chi connectivity index (χ4v) is 5.90. The molecule has 46 heavy (non-hydrogen) atoms. The number of nitrogens with one attached hydrogen (secondary N) is 4. The van der Waals surface area contributed by atoms with Crippen molar-refractivity contribution in [3.8, 4) is 0 Å². The highest BCUT2D eigenvalue weighted by molar-refractivity contribution is 5.87. The van der Waals surface area contributed by atoms with Crippen LogP contribution in [0.2, 0.25) is 0 Å². The summed E-state index contributed by atoms with van der Waals surface area (Å²) in [5.74, 6) is -0.337. The van der Waals surface area contributed by atoms with Gasteiger partial charge < -0.3 is 21.7 Å². The van der Waals surface area contributed by atoms with E-state index in [4.69, 9.17) is 11.1 Å². The van der Waals surface area contributed by atoms with E-state index >= 15 is 0 Å². The van der Waals surface area contributed by atoms with Gasteiger partial charge in [0.05, 0.1) is 0 Å². The van der Waals surface area contributed by atoms with E-state index in [1.807, 2.05) is 0 Å². The van der Waals surface area contributed by atoms with Crippen molar-refractivity contribution in [3.63, 3.8) is 0 Å². The topological polar surface area (TPSA) is 120 Å². The monoisotopic (exact) mass is 648 g/mol. The Morgan fingerprint density at radius 1 is 0.565 bits per heavy atom. The van der Waals surface area contributed by atoms with Crippen LogP contribution in [0.25, 0.3) is 0 Å². The maximum absolute atomic E-state index is 12.9. The minimum Gasteiger partial charge on any atom is -0.370 e. The lowest BCUT2D eigenvalue weighted by Gasteiger charge is -2.19. The zero-order chi connectivity index (χ0) is 33.8. The molecule has 0 aliphatic carbocycles. The maximum Gasteiger partial charge on any atom is 0.242 e. The summed E-state index contributed by atoms with van der Waals surface area (Å²) in [6.45, 7) is 5.54. The summed E-state index contributed by atoms with van der Waals surface area (Å²) in [6, 6.07) is -0.603. The SMILES string of the molecule is CCCCCCCC/C=C\CCCCCCCC(=O)N[C@@H](CCNC(=N)N)C(=O)NCCCCCCCCCCCCCCCC. The zero-order valence-electron chi connectivity index (χ0n) is 30.5. The van der Waals surface area contributed by atoms with Crippen LogP contribution in [0.1, 0.15) is 200 Å². The van der Waals surface area contributed by atoms with Crippen LogP contribution >= 0.6 is 0 Å². The number of carbonyl (C=O) groups is 2. The predicted molar refractivity (Wildman–Crippen MR) is 199 cm³/mol. The van der Waals surface area contributed by atoms with Gasteiger partial charge in [0.2, 0.25) is 11.8 Å². The molecule has 0 unspecified atom stereocenters. The fourth-order valence-electron chi connectivity index (χ4n) is 5.90.